The molecule has 0 aromatic heterocycles. The van der Waals surface area contributed by atoms with Gasteiger partial charge < -0.3 is 20.1 Å². The maximum Gasteiger partial charge on any atom is 0.215 e. The van der Waals surface area contributed by atoms with E-state index in [0.29, 0.717) is 18.6 Å². The highest BCUT2D eigenvalue weighted by Crippen LogP contribution is 2.39. The summed E-state index contributed by atoms with van der Waals surface area (Å²) in [6.07, 6.45) is 7.05. The summed E-state index contributed by atoms with van der Waals surface area (Å²) < 4.78 is 5.77. The van der Waals surface area contributed by atoms with E-state index in [1.165, 1.54) is 11.6 Å². The van der Waals surface area contributed by atoms with Crippen LogP contribution in [0.1, 0.15) is 58.6 Å². The fourth-order valence-corrected chi connectivity index (χ4v) is 3.34. The molecule has 3 N–H and O–H groups in total. The van der Waals surface area contributed by atoms with E-state index >= 15 is 0 Å². The molecule has 6 heteroatoms. The Morgan fingerprint density at radius 3 is 2.33 bits per heavy atom. The minimum absolute atomic E-state index is 0.0133. The van der Waals surface area contributed by atoms with Crippen molar-refractivity contribution in [3.8, 4) is 17.2 Å². The molecular weight excluding hydrogens is 531 g/mol. The minimum atomic E-state index is -0.891. The minimum Gasteiger partial charge on any atom is -0.508 e. The molecule has 1 aliphatic rings. The number of carbonyl (C=O) groups is 1. The predicted octanol–water partition coefficient (Wildman–Crippen LogP) is 6.59. The van der Waals surface area contributed by atoms with Gasteiger partial charge in [-0.05, 0) is 69.5 Å². The lowest BCUT2D eigenvalue weighted by Gasteiger charge is -2.29. The molecule has 0 radical (unpaired) electrons. The highest BCUT2D eigenvalue weighted by Gasteiger charge is 2.38. The van der Waals surface area contributed by atoms with Crippen LogP contribution in [0.2, 0.25) is 0 Å². The highest BCUT2D eigenvalue weighted by atomic mass is 127. The molecule has 0 saturated heterocycles. The number of hydrogen-bond donors (Lipinski definition) is 3. The van der Waals surface area contributed by atoms with Crippen molar-refractivity contribution < 1.29 is 24.9 Å². The third-order valence-corrected chi connectivity index (χ3v) is 5.32. The number of fused-ring (bicyclic) bond motifs is 1. The van der Waals surface area contributed by atoms with Gasteiger partial charge in [0.25, 0.3) is 0 Å². The van der Waals surface area contributed by atoms with Gasteiger partial charge in [-0.3, -0.25) is 4.79 Å². The fourth-order valence-electron chi connectivity index (χ4n) is 3.16. The lowest BCUT2D eigenvalue weighted by Crippen LogP contribution is -2.42. The Morgan fingerprint density at radius 2 is 1.79 bits per heavy atom. The van der Waals surface area contributed by atoms with Gasteiger partial charge in [-0.2, -0.15) is 0 Å². The van der Waals surface area contributed by atoms with E-state index in [4.69, 9.17) is 9.84 Å². The number of rotatable bonds is 6. The Balaban J connectivity index is 0.000000335. The molecule has 33 heavy (non-hydrogen) atoms. The second-order valence-electron chi connectivity index (χ2n) is 7.97. The van der Waals surface area contributed by atoms with Gasteiger partial charge >= 0.3 is 0 Å². The normalized spacial score (nSPS) is 15.7. The molecule has 0 spiro atoms. The number of aromatic hydroxyl groups is 2. The average Bonchev–Trinajstić information content (AvgIpc) is 3.22. The number of benzene rings is 2. The number of aliphatic hydroxyl groups is 1. The lowest BCUT2D eigenvalue weighted by molar-refractivity contribution is -0.105. The van der Waals surface area contributed by atoms with E-state index in [2.05, 4.69) is 19.9 Å². The molecule has 0 aliphatic carbocycles. The van der Waals surface area contributed by atoms with Gasteiger partial charge in [-0.1, -0.05) is 49.8 Å². The van der Waals surface area contributed by atoms with Gasteiger partial charge in [0, 0.05) is 34.6 Å². The molecule has 0 saturated carbocycles. The number of carbonyl (C=O) groups excluding carboxylic acids is 1. The Kier molecular flexibility index (Phi) is 12.2. The monoisotopic (exact) mass is 566 g/mol. The van der Waals surface area contributed by atoms with E-state index < -0.39 is 5.60 Å². The van der Waals surface area contributed by atoms with Gasteiger partial charge in [0.15, 0.2) is 0 Å². The Hall–Kier alpha value is -2.32. The van der Waals surface area contributed by atoms with Crippen molar-refractivity contribution in [1.82, 2.24) is 0 Å². The largest absolute Gasteiger partial charge is 0.508 e. The fraction of sp³-hybridized carbons (Fsp3) is 0.370. The first-order valence-corrected chi connectivity index (χ1v) is 12.2. The smallest absolute Gasteiger partial charge is 0.215 e. The summed E-state index contributed by atoms with van der Waals surface area (Å²) in [6, 6.07) is 11.9. The molecule has 5 nitrogen and oxygen atoms in total. The number of ether oxygens (including phenoxy) is 1. The molecule has 0 amide bonds. The van der Waals surface area contributed by atoms with Gasteiger partial charge in [-0.15, -0.1) is 0 Å². The molecule has 2 aromatic carbocycles. The third-order valence-electron chi connectivity index (χ3n) is 4.96. The van der Waals surface area contributed by atoms with E-state index in [1.54, 1.807) is 72.0 Å². The number of hydrogen-bond acceptors (Lipinski definition) is 5. The molecule has 180 valence electrons. The van der Waals surface area contributed by atoms with Crippen molar-refractivity contribution in [1.29, 1.82) is 0 Å². The Bertz CT molecular complexity index is 941. The highest BCUT2D eigenvalue weighted by molar-refractivity contribution is 14.1. The second kappa shape index (κ2) is 14.1. The number of halogens is 1. The van der Waals surface area contributed by atoms with Crippen molar-refractivity contribution in [2.24, 2.45) is 0 Å². The summed E-state index contributed by atoms with van der Waals surface area (Å²) in [4.78, 5) is 10.5. The summed E-state index contributed by atoms with van der Waals surface area (Å²) in [7, 11) is 0. The Morgan fingerprint density at radius 1 is 1.15 bits per heavy atom. The van der Waals surface area contributed by atoms with Crippen LogP contribution in [-0.2, 0) is 11.2 Å². The van der Waals surface area contributed by atoms with Crippen molar-refractivity contribution >= 4 is 32.5 Å². The zero-order valence-electron chi connectivity index (χ0n) is 20.0. The molecule has 2 atom stereocenters. The summed E-state index contributed by atoms with van der Waals surface area (Å²) >= 11 is 1.70. The van der Waals surface area contributed by atoms with Crippen molar-refractivity contribution in [3.63, 3.8) is 0 Å². The molecule has 0 fully saturated rings. The van der Waals surface area contributed by atoms with Crippen LogP contribution in [0, 0.1) is 0 Å². The van der Waals surface area contributed by atoms with Crippen molar-refractivity contribution in [2.45, 2.75) is 65.6 Å². The molecule has 2 unspecified atom stereocenters. The molecule has 2 aromatic rings. The topological polar surface area (TPSA) is 87.0 Å². The number of phenols is 2. The first-order chi connectivity index (χ1) is 15.6. The number of allylic oxidation sites excluding steroid dienone is 3. The van der Waals surface area contributed by atoms with Gasteiger partial charge in [0.2, 0.25) is 3.79 Å². The zero-order chi connectivity index (χ0) is 25.0. The first-order valence-electron chi connectivity index (χ1n) is 11.1. The molecule has 0 bridgehead atoms. The van der Waals surface area contributed by atoms with Gasteiger partial charge in [0.1, 0.15) is 23.4 Å². The van der Waals surface area contributed by atoms with E-state index in [1.807, 2.05) is 19.9 Å². The summed E-state index contributed by atoms with van der Waals surface area (Å²) in [5, 5.41) is 29.3. The maximum atomic E-state index is 10.6. The molecular formula is C27H35IO5. The van der Waals surface area contributed by atoms with Crippen LogP contribution in [0.4, 0.5) is 0 Å². The van der Waals surface area contributed by atoms with E-state index in [9.17, 15) is 15.0 Å². The molecule has 3 rings (SSSR count). The molecule has 1 aliphatic heterocycles. The summed E-state index contributed by atoms with van der Waals surface area (Å²) in [5.74, 6) is 1.17. The van der Waals surface area contributed by atoms with Crippen LogP contribution >= 0.6 is 22.6 Å². The zero-order valence-corrected chi connectivity index (χ0v) is 22.2. The quantitative estimate of drug-likeness (QED) is 0.159. The van der Waals surface area contributed by atoms with Crippen LogP contribution in [0.25, 0.3) is 6.08 Å². The van der Waals surface area contributed by atoms with Gasteiger partial charge in [-0.25, -0.2) is 0 Å². The van der Waals surface area contributed by atoms with Crippen LogP contribution in [-0.4, -0.2) is 30.8 Å². The van der Waals surface area contributed by atoms with Crippen molar-refractivity contribution in [3.05, 3.63) is 71.3 Å². The first kappa shape index (κ1) is 28.7. The standard InChI is InChI=1S/C16H22O3.C9H7IO2.C2H6/c1-11(2)6-5-9-16(3,18)15-10-12-13(17)7-4-8-14(12)19-15;10-9(12)6-3-7-1-4-8(11)5-2-7;1-2/h4,6-8,15,17-18H,5,9-10H2,1-3H3;1-6,11H;1-2H3/b;6-3+;. The van der Waals surface area contributed by atoms with Gasteiger partial charge in [0.05, 0.1) is 5.60 Å². The van der Waals surface area contributed by atoms with Crippen LogP contribution < -0.4 is 4.74 Å². The van der Waals surface area contributed by atoms with Crippen LogP contribution in [0.15, 0.2) is 60.2 Å². The number of phenolic OH excluding ortho intramolecular Hbond substituents is 2. The third kappa shape index (κ3) is 10.0. The van der Waals surface area contributed by atoms with Crippen LogP contribution in [0.5, 0.6) is 17.2 Å². The van der Waals surface area contributed by atoms with E-state index in [-0.39, 0.29) is 21.4 Å². The maximum absolute atomic E-state index is 10.6. The van der Waals surface area contributed by atoms with Crippen molar-refractivity contribution in [2.75, 3.05) is 0 Å². The van der Waals surface area contributed by atoms with E-state index in [0.717, 1.165) is 17.5 Å². The molecule has 1 heterocycles. The van der Waals surface area contributed by atoms with Crippen LogP contribution in [0.3, 0.4) is 0 Å². The second-order valence-corrected chi connectivity index (χ2v) is 9.03. The lowest BCUT2D eigenvalue weighted by atomic mass is 9.90. The Labute approximate surface area is 211 Å². The average molecular weight is 566 g/mol. The summed E-state index contributed by atoms with van der Waals surface area (Å²) in [5.41, 5.74) is 2.06. The predicted molar refractivity (Wildman–Crippen MR) is 143 cm³/mol. The SMILES string of the molecule is CC.CC(C)=CCCC(C)(O)C1Cc2c(O)cccc2O1.O=C(I)/C=C/c1ccc(O)cc1. The summed E-state index contributed by atoms with van der Waals surface area (Å²) in [6.45, 7) is 9.91.